The van der Waals surface area contributed by atoms with Crippen LogP contribution in [-0.4, -0.2) is 49.0 Å². The lowest BCUT2D eigenvalue weighted by Gasteiger charge is -2.22. The molecule has 0 amide bonds. The molecule has 0 aromatic heterocycles. The highest BCUT2D eigenvalue weighted by atomic mass is 19.4. The lowest BCUT2D eigenvalue weighted by atomic mass is 10.3. The molecule has 0 spiro atoms. The Kier molecular flexibility index (Phi) is 5.91. The van der Waals surface area contributed by atoms with Crippen molar-refractivity contribution in [3.8, 4) is 5.75 Å². The third-order valence-corrected chi connectivity index (χ3v) is 2.40. The predicted molar refractivity (Wildman–Crippen MR) is 65.9 cm³/mol. The number of aliphatic hydroxyl groups is 1. The Labute approximate surface area is 109 Å². The Balaban J connectivity index is 2.42. The Morgan fingerprint density at radius 1 is 1.21 bits per heavy atom. The standard InChI is InChI=1S/C12H17F3N2O2/c13-12(14,15)9-17(5-7-18)6-8-19-11-4-2-1-3-10(11)16/h1-4,18H,5-9,16H2. The number of hydrogen-bond acceptors (Lipinski definition) is 4. The molecule has 4 nitrogen and oxygen atoms in total. The van der Waals surface area contributed by atoms with Crippen molar-refractivity contribution in [3.05, 3.63) is 24.3 Å². The molecule has 1 rings (SSSR count). The largest absolute Gasteiger partial charge is 0.490 e. The van der Waals surface area contributed by atoms with Crippen LogP contribution < -0.4 is 10.5 Å². The second-order valence-corrected chi connectivity index (χ2v) is 4.00. The first kappa shape index (κ1) is 15.6. The van der Waals surface area contributed by atoms with Crippen LogP contribution in [0.15, 0.2) is 24.3 Å². The molecule has 108 valence electrons. The van der Waals surface area contributed by atoms with Gasteiger partial charge in [0, 0.05) is 13.1 Å². The van der Waals surface area contributed by atoms with Crippen molar-refractivity contribution in [2.75, 3.05) is 38.6 Å². The summed E-state index contributed by atoms with van der Waals surface area (Å²) in [6, 6.07) is 6.77. The van der Waals surface area contributed by atoms with Gasteiger partial charge in [-0.15, -0.1) is 0 Å². The second kappa shape index (κ2) is 7.20. The van der Waals surface area contributed by atoms with Crippen molar-refractivity contribution in [2.24, 2.45) is 0 Å². The summed E-state index contributed by atoms with van der Waals surface area (Å²) >= 11 is 0. The molecule has 1 aromatic carbocycles. The summed E-state index contributed by atoms with van der Waals surface area (Å²) in [6.07, 6.45) is -4.29. The smallest absolute Gasteiger partial charge is 0.401 e. The van der Waals surface area contributed by atoms with E-state index in [4.69, 9.17) is 15.6 Å². The molecule has 0 fully saturated rings. The number of ether oxygens (including phenoxy) is 1. The van der Waals surface area contributed by atoms with Crippen molar-refractivity contribution in [1.29, 1.82) is 0 Å². The highest BCUT2D eigenvalue weighted by Crippen LogP contribution is 2.20. The average molecular weight is 278 g/mol. The van der Waals surface area contributed by atoms with Crippen molar-refractivity contribution in [3.63, 3.8) is 0 Å². The van der Waals surface area contributed by atoms with Gasteiger partial charge in [0.1, 0.15) is 12.4 Å². The lowest BCUT2D eigenvalue weighted by molar-refractivity contribution is -0.147. The van der Waals surface area contributed by atoms with E-state index in [0.717, 1.165) is 4.90 Å². The Morgan fingerprint density at radius 2 is 1.89 bits per heavy atom. The van der Waals surface area contributed by atoms with Crippen LogP contribution in [0.5, 0.6) is 5.75 Å². The molecule has 0 atom stereocenters. The first-order valence-corrected chi connectivity index (χ1v) is 5.79. The molecule has 0 unspecified atom stereocenters. The summed E-state index contributed by atoms with van der Waals surface area (Å²) < 4.78 is 42.1. The topological polar surface area (TPSA) is 58.7 Å². The first-order chi connectivity index (χ1) is 8.92. The van der Waals surface area contributed by atoms with Gasteiger partial charge in [0.05, 0.1) is 18.8 Å². The maximum absolute atomic E-state index is 12.3. The van der Waals surface area contributed by atoms with E-state index >= 15 is 0 Å². The molecule has 3 N–H and O–H groups in total. The van der Waals surface area contributed by atoms with Gasteiger partial charge in [0.15, 0.2) is 0 Å². The van der Waals surface area contributed by atoms with E-state index in [-0.39, 0.29) is 26.3 Å². The summed E-state index contributed by atoms with van der Waals surface area (Å²) in [7, 11) is 0. The van der Waals surface area contributed by atoms with Gasteiger partial charge in [0.2, 0.25) is 0 Å². The van der Waals surface area contributed by atoms with Crippen LogP contribution in [0.25, 0.3) is 0 Å². The molecule has 0 saturated heterocycles. The van der Waals surface area contributed by atoms with Crippen molar-refractivity contribution in [1.82, 2.24) is 4.90 Å². The summed E-state index contributed by atoms with van der Waals surface area (Å²) in [5, 5.41) is 8.72. The fourth-order valence-corrected chi connectivity index (χ4v) is 1.56. The van der Waals surface area contributed by atoms with Crippen LogP contribution in [0.2, 0.25) is 0 Å². The minimum atomic E-state index is -4.29. The maximum atomic E-state index is 12.3. The molecule has 0 saturated carbocycles. The zero-order chi connectivity index (χ0) is 14.3. The van der Waals surface area contributed by atoms with Gasteiger partial charge in [-0.05, 0) is 12.1 Å². The number of nitrogen functional groups attached to an aromatic ring is 1. The van der Waals surface area contributed by atoms with Gasteiger partial charge in [-0.1, -0.05) is 12.1 Å². The van der Waals surface area contributed by atoms with Gasteiger partial charge < -0.3 is 15.6 Å². The van der Waals surface area contributed by atoms with Crippen molar-refractivity contribution >= 4 is 5.69 Å². The number of hydrogen-bond donors (Lipinski definition) is 2. The SMILES string of the molecule is Nc1ccccc1OCCN(CCO)CC(F)(F)F. The Hall–Kier alpha value is -1.47. The third-order valence-electron chi connectivity index (χ3n) is 2.40. The van der Waals surface area contributed by atoms with Gasteiger partial charge in [-0.2, -0.15) is 13.2 Å². The number of benzene rings is 1. The predicted octanol–water partition coefficient (Wildman–Crippen LogP) is 1.50. The molecule has 0 bridgehead atoms. The molecule has 7 heteroatoms. The van der Waals surface area contributed by atoms with Crippen LogP contribution in [-0.2, 0) is 0 Å². The lowest BCUT2D eigenvalue weighted by Crippen LogP contribution is -2.38. The second-order valence-electron chi connectivity index (χ2n) is 4.00. The molecule has 0 radical (unpaired) electrons. The summed E-state index contributed by atoms with van der Waals surface area (Å²) in [5.74, 6) is 0.443. The zero-order valence-electron chi connectivity index (χ0n) is 10.4. The number of aliphatic hydroxyl groups excluding tert-OH is 1. The number of nitrogens with zero attached hydrogens (tertiary/aromatic N) is 1. The molecule has 0 aliphatic heterocycles. The Morgan fingerprint density at radius 3 is 2.47 bits per heavy atom. The monoisotopic (exact) mass is 278 g/mol. The van der Waals surface area contributed by atoms with Gasteiger partial charge >= 0.3 is 6.18 Å². The van der Waals surface area contributed by atoms with Crippen LogP contribution in [0, 0.1) is 0 Å². The van der Waals surface area contributed by atoms with E-state index < -0.39 is 12.7 Å². The van der Waals surface area contributed by atoms with Gasteiger partial charge in [0.25, 0.3) is 0 Å². The van der Waals surface area contributed by atoms with Gasteiger partial charge in [-0.3, -0.25) is 4.90 Å². The van der Waals surface area contributed by atoms with Crippen molar-refractivity contribution in [2.45, 2.75) is 6.18 Å². The van der Waals surface area contributed by atoms with Crippen LogP contribution in [0.3, 0.4) is 0 Å². The molecular weight excluding hydrogens is 261 g/mol. The van der Waals surface area contributed by atoms with Crippen LogP contribution >= 0.6 is 0 Å². The molecule has 19 heavy (non-hydrogen) atoms. The van der Waals surface area contributed by atoms with Crippen LogP contribution in [0.1, 0.15) is 0 Å². The van der Waals surface area contributed by atoms with Gasteiger partial charge in [-0.25, -0.2) is 0 Å². The number of halogens is 3. The number of alkyl halides is 3. The Bertz CT molecular complexity index is 385. The highest BCUT2D eigenvalue weighted by Gasteiger charge is 2.30. The number of nitrogens with two attached hydrogens (primary N) is 1. The molecule has 0 aliphatic rings. The minimum Gasteiger partial charge on any atom is -0.490 e. The third kappa shape index (κ3) is 6.30. The molecule has 1 aromatic rings. The minimum absolute atomic E-state index is 0.0485. The van der Waals surface area contributed by atoms with E-state index in [1.54, 1.807) is 24.3 Å². The fraction of sp³-hybridized carbons (Fsp3) is 0.500. The number of para-hydroxylation sites is 2. The highest BCUT2D eigenvalue weighted by molar-refractivity contribution is 5.51. The molecule has 0 aliphatic carbocycles. The summed E-state index contributed by atoms with van der Waals surface area (Å²) in [4.78, 5) is 1.08. The van der Waals surface area contributed by atoms with E-state index in [0.29, 0.717) is 11.4 Å². The van der Waals surface area contributed by atoms with E-state index in [1.165, 1.54) is 0 Å². The fourth-order valence-electron chi connectivity index (χ4n) is 1.56. The molecular formula is C12H17F3N2O2. The summed E-state index contributed by atoms with van der Waals surface area (Å²) in [5.41, 5.74) is 6.08. The quantitative estimate of drug-likeness (QED) is 0.742. The molecule has 0 heterocycles. The van der Waals surface area contributed by atoms with Crippen molar-refractivity contribution < 1.29 is 23.0 Å². The summed E-state index contributed by atoms with van der Waals surface area (Å²) in [6.45, 7) is -1.31. The maximum Gasteiger partial charge on any atom is 0.401 e. The van der Waals surface area contributed by atoms with Crippen LogP contribution in [0.4, 0.5) is 18.9 Å². The zero-order valence-corrected chi connectivity index (χ0v) is 10.4. The first-order valence-electron chi connectivity index (χ1n) is 5.79. The normalized spacial score (nSPS) is 11.8. The van der Waals surface area contributed by atoms with E-state index in [2.05, 4.69) is 0 Å². The average Bonchev–Trinajstić information content (AvgIpc) is 2.30. The number of rotatable bonds is 7. The van der Waals surface area contributed by atoms with E-state index in [1.807, 2.05) is 0 Å². The van der Waals surface area contributed by atoms with E-state index in [9.17, 15) is 13.2 Å². The number of anilines is 1.